The van der Waals surface area contributed by atoms with E-state index in [1.807, 2.05) is 54.6 Å². The Hall–Kier alpha value is -5.61. The largest absolute Gasteiger partial charge is 0.416 e. The number of anilines is 2. The number of rotatable bonds is 10. The van der Waals surface area contributed by atoms with Crippen LogP contribution in [0, 0.1) is 0 Å². The monoisotopic (exact) mass is 651 g/mol. The maximum absolute atomic E-state index is 13.5. The zero-order valence-electron chi connectivity index (χ0n) is 24.8. The summed E-state index contributed by atoms with van der Waals surface area (Å²) in [7, 11) is 0. The Balaban J connectivity index is 1.28. The maximum Gasteiger partial charge on any atom is 0.416 e. The topological polar surface area (TPSA) is 87.3 Å². The minimum absolute atomic E-state index is 0.0184. The van der Waals surface area contributed by atoms with Crippen LogP contribution < -0.4 is 16.0 Å². The van der Waals surface area contributed by atoms with E-state index >= 15 is 0 Å². The van der Waals surface area contributed by atoms with Crippen LogP contribution in [0.1, 0.15) is 21.5 Å². The van der Waals surface area contributed by atoms with E-state index in [1.165, 1.54) is 12.1 Å². The summed E-state index contributed by atoms with van der Waals surface area (Å²) in [5, 5.41) is 8.00. The molecular formula is C37H28F3N3O3S. The van der Waals surface area contributed by atoms with Gasteiger partial charge in [-0.15, -0.1) is 11.8 Å². The highest BCUT2D eigenvalue weighted by Gasteiger charge is 2.30. The van der Waals surface area contributed by atoms with Gasteiger partial charge in [-0.3, -0.25) is 14.4 Å². The first kappa shape index (κ1) is 32.8. The standard InChI is InChI=1S/C37H28F3N3O3S/c38-37(39,40)29-13-7-14-30(22-29)41-34(44)24-47-32-16-8-15-31(23-32)42-36(46)33(43-35(45)28-11-5-2-6-12-28)21-25-17-19-27(20-18-25)26-9-3-1-4-10-26/h1-23H,24H2,(H,41,44)(H,42,46)(H,43,45)/b33-21+. The molecule has 10 heteroatoms. The zero-order chi connectivity index (χ0) is 33.2. The number of carbonyl (C=O) groups is 3. The number of thioether (sulfide) groups is 1. The summed E-state index contributed by atoms with van der Waals surface area (Å²) in [5.41, 5.74) is 2.74. The first-order valence-electron chi connectivity index (χ1n) is 14.4. The minimum Gasteiger partial charge on any atom is -0.325 e. The van der Waals surface area contributed by atoms with Crippen molar-refractivity contribution in [3.05, 3.63) is 156 Å². The van der Waals surface area contributed by atoms with E-state index in [0.29, 0.717) is 21.7 Å². The second-order valence-corrected chi connectivity index (χ2v) is 11.3. The van der Waals surface area contributed by atoms with Gasteiger partial charge >= 0.3 is 6.18 Å². The Labute approximate surface area is 273 Å². The van der Waals surface area contributed by atoms with Gasteiger partial charge in [0.2, 0.25) is 5.91 Å². The summed E-state index contributed by atoms with van der Waals surface area (Å²) in [5.74, 6) is -1.59. The van der Waals surface area contributed by atoms with E-state index in [0.717, 1.165) is 35.0 Å². The molecule has 5 aromatic carbocycles. The van der Waals surface area contributed by atoms with Crippen molar-refractivity contribution in [1.29, 1.82) is 0 Å². The third kappa shape index (κ3) is 9.44. The molecule has 236 valence electrons. The number of carbonyl (C=O) groups excluding carboxylic acids is 3. The van der Waals surface area contributed by atoms with Crippen LogP contribution in [0.4, 0.5) is 24.5 Å². The van der Waals surface area contributed by atoms with Crippen LogP contribution in [0.2, 0.25) is 0 Å². The number of hydrogen-bond donors (Lipinski definition) is 3. The second-order valence-electron chi connectivity index (χ2n) is 10.3. The molecule has 0 unspecified atom stereocenters. The Morgan fingerprint density at radius 2 is 1.28 bits per heavy atom. The fourth-order valence-electron chi connectivity index (χ4n) is 4.49. The first-order chi connectivity index (χ1) is 22.6. The third-order valence-corrected chi connectivity index (χ3v) is 7.79. The van der Waals surface area contributed by atoms with Crippen LogP contribution in [-0.2, 0) is 15.8 Å². The number of hydrogen-bond acceptors (Lipinski definition) is 4. The summed E-state index contributed by atoms with van der Waals surface area (Å²) in [4.78, 5) is 39.6. The molecule has 0 heterocycles. The second kappa shape index (κ2) is 15.1. The van der Waals surface area contributed by atoms with Crippen LogP contribution in [0.25, 0.3) is 17.2 Å². The number of benzene rings is 5. The average Bonchev–Trinajstić information content (AvgIpc) is 3.08. The minimum atomic E-state index is -4.52. The van der Waals surface area contributed by atoms with E-state index in [1.54, 1.807) is 60.7 Å². The normalized spacial score (nSPS) is 11.4. The molecule has 0 atom stereocenters. The predicted octanol–water partition coefficient (Wildman–Crippen LogP) is 8.51. The summed E-state index contributed by atoms with van der Waals surface area (Å²) in [6.45, 7) is 0. The molecule has 3 N–H and O–H groups in total. The molecule has 0 fully saturated rings. The Kier molecular flexibility index (Phi) is 10.5. The van der Waals surface area contributed by atoms with Crippen molar-refractivity contribution in [3.8, 4) is 11.1 Å². The van der Waals surface area contributed by atoms with Crippen molar-refractivity contribution >= 4 is 46.9 Å². The van der Waals surface area contributed by atoms with Crippen molar-refractivity contribution in [2.45, 2.75) is 11.1 Å². The zero-order valence-corrected chi connectivity index (χ0v) is 25.6. The molecule has 0 aromatic heterocycles. The van der Waals surface area contributed by atoms with E-state index in [-0.39, 0.29) is 17.1 Å². The van der Waals surface area contributed by atoms with Gasteiger partial charge < -0.3 is 16.0 Å². The molecule has 5 rings (SSSR count). The molecule has 0 bridgehead atoms. The van der Waals surface area contributed by atoms with Crippen LogP contribution in [0.5, 0.6) is 0 Å². The van der Waals surface area contributed by atoms with Gasteiger partial charge in [-0.05, 0) is 71.3 Å². The van der Waals surface area contributed by atoms with Crippen molar-refractivity contribution in [1.82, 2.24) is 5.32 Å². The average molecular weight is 652 g/mol. The van der Waals surface area contributed by atoms with E-state index in [9.17, 15) is 27.6 Å². The molecule has 5 aromatic rings. The molecule has 47 heavy (non-hydrogen) atoms. The Morgan fingerprint density at radius 1 is 0.660 bits per heavy atom. The lowest BCUT2D eigenvalue weighted by atomic mass is 10.0. The van der Waals surface area contributed by atoms with Gasteiger partial charge in [0, 0.05) is 21.8 Å². The van der Waals surface area contributed by atoms with Crippen LogP contribution in [0.3, 0.4) is 0 Å². The molecule has 0 aliphatic carbocycles. The molecule has 0 spiro atoms. The SMILES string of the molecule is O=C(CSc1cccc(NC(=O)/C(=C\c2ccc(-c3ccccc3)cc2)NC(=O)c2ccccc2)c1)Nc1cccc(C(F)(F)F)c1. The van der Waals surface area contributed by atoms with Crippen LogP contribution in [-0.4, -0.2) is 23.5 Å². The van der Waals surface area contributed by atoms with Gasteiger partial charge in [0.25, 0.3) is 11.8 Å². The highest BCUT2D eigenvalue weighted by atomic mass is 32.2. The Bertz CT molecular complexity index is 1900. The molecule has 3 amide bonds. The first-order valence-corrected chi connectivity index (χ1v) is 15.4. The molecule has 6 nitrogen and oxygen atoms in total. The van der Waals surface area contributed by atoms with Crippen LogP contribution in [0.15, 0.2) is 144 Å². The number of alkyl halides is 3. The molecule has 0 radical (unpaired) electrons. The van der Waals surface area contributed by atoms with Gasteiger partial charge in [0.1, 0.15) is 5.70 Å². The lowest BCUT2D eigenvalue weighted by Gasteiger charge is -2.13. The molecule has 0 saturated heterocycles. The summed E-state index contributed by atoms with van der Waals surface area (Å²) in [6.07, 6.45) is -2.94. The number of halogens is 3. The third-order valence-electron chi connectivity index (χ3n) is 6.79. The van der Waals surface area contributed by atoms with E-state index in [2.05, 4.69) is 16.0 Å². The lowest BCUT2D eigenvalue weighted by Crippen LogP contribution is -2.30. The lowest BCUT2D eigenvalue weighted by molar-refractivity contribution is -0.137. The molecule has 0 saturated carbocycles. The van der Waals surface area contributed by atoms with Gasteiger partial charge in [-0.25, -0.2) is 0 Å². The fraction of sp³-hybridized carbons (Fsp3) is 0.0541. The molecular weight excluding hydrogens is 623 g/mol. The quantitative estimate of drug-likeness (QED) is 0.104. The van der Waals surface area contributed by atoms with Crippen molar-refractivity contribution < 1.29 is 27.6 Å². The molecule has 0 aliphatic rings. The molecule has 0 aliphatic heterocycles. The van der Waals surface area contributed by atoms with Crippen LogP contribution >= 0.6 is 11.8 Å². The highest BCUT2D eigenvalue weighted by Crippen LogP contribution is 2.31. The van der Waals surface area contributed by atoms with E-state index < -0.39 is 29.5 Å². The predicted molar refractivity (Wildman–Crippen MR) is 180 cm³/mol. The van der Waals surface area contributed by atoms with Crippen molar-refractivity contribution in [3.63, 3.8) is 0 Å². The summed E-state index contributed by atoms with van der Waals surface area (Å²) >= 11 is 1.15. The number of amides is 3. The highest BCUT2D eigenvalue weighted by molar-refractivity contribution is 8.00. The fourth-order valence-corrected chi connectivity index (χ4v) is 5.25. The smallest absolute Gasteiger partial charge is 0.325 e. The van der Waals surface area contributed by atoms with Gasteiger partial charge in [-0.2, -0.15) is 13.2 Å². The van der Waals surface area contributed by atoms with Gasteiger partial charge in [0.05, 0.1) is 11.3 Å². The van der Waals surface area contributed by atoms with Crippen molar-refractivity contribution in [2.24, 2.45) is 0 Å². The number of nitrogens with one attached hydrogen (secondary N) is 3. The summed E-state index contributed by atoms with van der Waals surface area (Å²) < 4.78 is 39.0. The van der Waals surface area contributed by atoms with Crippen molar-refractivity contribution in [2.75, 3.05) is 16.4 Å². The Morgan fingerprint density at radius 3 is 1.96 bits per heavy atom. The van der Waals surface area contributed by atoms with Gasteiger partial charge in [0.15, 0.2) is 0 Å². The van der Waals surface area contributed by atoms with Gasteiger partial charge in [-0.1, -0.05) is 84.9 Å². The van der Waals surface area contributed by atoms with E-state index in [4.69, 9.17) is 0 Å². The maximum atomic E-state index is 13.5. The summed E-state index contributed by atoms with van der Waals surface area (Å²) in [6, 6.07) is 37.1.